The van der Waals surface area contributed by atoms with E-state index in [2.05, 4.69) is 35.9 Å². The first-order valence-electron chi connectivity index (χ1n) is 7.40. The maximum absolute atomic E-state index is 5.91. The van der Waals surface area contributed by atoms with E-state index < -0.39 is 0 Å². The molecule has 0 aliphatic carbocycles. The van der Waals surface area contributed by atoms with Gasteiger partial charge in [-0.3, -0.25) is 9.80 Å². The molecule has 4 heteroatoms. The Morgan fingerprint density at radius 2 is 2.17 bits per heavy atom. The minimum atomic E-state index is 0.379. The van der Waals surface area contributed by atoms with Crippen molar-refractivity contribution >= 4 is 0 Å². The lowest BCUT2D eigenvalue weighted by atomic mass is 10.2. The zero-order valence-corrected chi connectivity index (χ0v) is 12.6. The van der Waals surface area contributed by atoms with Gasteiger partial charge in [-0.15, -0.1) is 0 Å². The summed E-state index contributed by atoms with van der Waals surface area (Å²) in [7, 11) is 2.02. The number of hydrogen-bond donors (Lipinski definition) is 1. The first kappa shape index (κ1) is 15.9. The molecule has 108 valence electrons. The third-order valence-corrected chi connectivity index (χ3v) is 3.58. The van der Waals surface area contributed by atoms with Crippen LogP contribution in [0.15, 0.2) is 0 Å². The van der Waals surface area contributed by atoms with Crippen LogP contribution >= 0.6 is 0 Å². The molecule has 1 fully saturated rings. The molecule has 0 aromatic carbocycles. The number of likely N-dealkylation sites (N-methyl/N-ethyl adjacent to an activating group) is 1. The lowest BCUT2D eigenvalue weighted by Gasteiger charge is -2.37. The van der Waals surface area contributed by atoms with E-state index in [1.54, 1.807) is 0 Å². The summed E-state index contributed by atoms with van der Waals surface area (Å²) in [5.41, 5.74) is 0. The fraction of sp³-hybridized carbons (Fsp3) is 1.00. The fourth-order valence-corrected chi connectivity index (χ4v) is 2.49. The van der Waals surface area contributed by atoms with Gasteiger partial charge < -0.3 is 10.1 Å². The van der Waals surface area contributed by atoms with Gasteiger partial charge in [-0.05, 0) is 33.9 Å². The van der Waals surface area contributed by atoms with E-state index >= 15 is 0 Å². The van der Waals surface area contributed by atoms with Gasteiger partial charge in [-0.1, -0.05) is 6.92 Å². The molecule has 1 aliphatic rings. The van der Waals surface area contributed by atoms with Crippen LogP contribution in [0.3, 0.4) is 0 Å². The van der Waals surface area contributed by atoms with Gasteiger partial charge in [0.2, 0.25) is 0 Å². The van der Waals surface area contributed by atoms with Gasteiger partial charge in [0.1, 0.15) is 0 Å². The van der Waals surface area contributed by atoms with Gasteiger partial charge >= 0.3 is 0 Å². The maximum atomic E-state index is 5.91. The summed E-state index contributed by atoms with van der Waals surface area (Å²) >= 11 is 0. The molecule has 0 aromatic rings. The summed E-state index contributed by atoms with van der Waals surface area (Å²) in [6, 6.07) is 0.633. The Hall–Kier alpha value is -0.160. The molecule has 0 amide bonds. The van der Waals surface area contributed by atoms with E-state index in [-0.39, 0.29) is 0 Å². The van der Waals surface area contributed by atoms with Crippen molar-refractivity contribution in [1.29, 1.82) is 0 Å². The van der Waals surface area contributed by atoms with Crippen molar-refractivity contribution in [1.82, 2.24) is 15.1 Å². The second-order valence-corrected chi connectivity index (χ2v) is 5.49. The van der Waals surface area contributed by atoms with Crippen LogP contribution in [0.5, 0.6) is 0 Å². The Labute approximate surface area is 113 Å². The molecule has 0 radical (unpaired) electrons. The Morgan fingerprint density at radius 3 is 2.78 bits per heavy atom. The molecule has 1 saturated heterocycles. The predicted molar refractivity (Wildman–Crippen MR) is 77.1 cm³/mol. The van der Waals surface area contributed by atoms with Crippen LogP contribution in [0.4, 0.5) is 0 Å². The number of ether oxygens (including phenoxy) is 1. The van der Waals surface area contributed by atoms with E-state index in [9.17, 15) is 0 Å². The molecule has 4 nitrogen and oxygen atoms in total. The van der Waals surface area contributed by atoms with Gasteiger partial charge in [0.05, 0.1) is 12.7 Å². The normalized spacial score (nSPS) is 22.0. The van der Waals surface area contributed by atoms with E-state index in [0.29, 0.717) is 12.1 Å². The topological polar surface area (TPSA) is 27.7 Å². The highest BCUT2D eigenvalue weighted by Gasteiger charge is 2.23. The van der Waals surface area contributed by atoms with Crippen molar-refractivity contribution in [2.45, 2.75) is 39.3 Å². The molecule has 1 unspecified atom stereocenters. The van der Waals surface area contributed by atoms with Crippen LogP contribution in [0, 0.1) is 0 Å². The van der Waals surface area contributed by atoms with Crippen LogP contribution in [-0.4, -0.2) is 74.9 Å². The number of nitrogens with one attached hydrogen (secondary N) is 1. The average molecular weight is 257 g/mol. The highest BCUT2D eigenvalue weighted by atomic mass is 16.5. The third kappa shape index (κ3) is 5.65. The van der Waals surface area contributed by atoms with Crippen LogP contribution in [0.25, 0.3) is 0 Å². The number of hydrogen-bond acceptors (Lipinski definition) is 4. The van der Waals surface area contributed by atoms with Crippen LogP contribution in [0.1, 0.15) is 27.2 Å². The van der Waals surface area contributed by atoms with Crippen LogP contribution in [0.2, 0.25) is 0 Å². The summed E-state index contributed by atoms with van der Waals surface area (Å²) in [5.74, 6) is 0. The molecule has 0 spiro atoms. The first-order valence-corrected chi connectivity index (χ1v) is 7.40. The minimum absolute atomic E-state index is 0.379. The summed E-state index contributed by atoms with van der Waals surface area (Å²) in [6.45, 7) is 14.2. The molecule has 0 saturated carbocycles. The van der Waals surface area contributed by atoms with Crippen molar-refractivity contribution in [3.8, 4) is 0 Å². The molecular weight excluding hydrogens is 226 g/mol. The third-order valence-electron chi connectivity index (χ3n) is 3.58. The van der Waals surface area contributed by atoms with Crippen LogP contribution in [-0.2, 0) is 4.74 Å². The Morgan fingerprint density at radius 1 is 1.39 bits per heavy atom. The molecule has 1 rings (SSSR count). The predicted octanol–water partition coefficient (Wildman–Crippen LogP) is 1.03. The zero-order valence-electron chi connectivity index (χ0n) is 12.6. The molecular formula is C14H31N3O. The van der Waals surface area contributed by atoms with Crippen molar-refractivity contribution < 1.29 is 4.74 Å². The summed E-state index contributed by atoms with van der Waals surface area (Å²) in [4.78, 5) is 5.04. The molecule has 1 heterocycles. The Bertz CT molecular complexity index is 211. The number of morpholine rings is 1. The molecule has 1 N–H and O–H groups in total. The van der Waals surface area contributed by atoms with E-state index in [1.807, 2.05) is 7.05 Å². The quantitative estimate of drug-likeness (QED) is 0.703. The van der Waals surface area contributed by atoms with Crippen molar-refractivity contribution in [2.24, 2.45) is 0 Å². The fourth-order valence-electron chi connectivity index (χ4n) is 2.49. The lowest BCUT2D eigenvalue weighted by molar-refractivity contribution is -0.0519. The van der Waals surface area contributed by atoms with Gasteiger partial charge in [0.15, 0.2) is 0 Å². The van der Waals surface area contributed by atoms with Gasteiger partial charge in [-0.2, -0.15) is 0 Å². The molecule has 1 aliphatic heterocycles. The highest BCUT2D eigenvalue weighted by molar-refractivity contribution is 4.77. The number of rotatable bonds is 8. The first-order chi connectivity index (χ1) is 8.67. The zero-order chi connectivity index (χ0) is 13.4. The molecule has 0 bridgehead atoms. The van der Waals surface area contributed by atoms with E-state index in [1.165, 1.54) is 13.0 Å². The molecule has 18 heavy (non-hydrogen) atoms. The van der Waals surface area contributed by atoms with E-state index in [4.69, 9.17) is 4.74 Å². The maximum Gasteiger partial charge on any atom is 0.0829 e. The van der Waals surface area contributed by atoms with Gasteiger partial charge in [0.25, 0.3) is 0 Å². The average Bonchev–Trinajstić information content (AvgIpc) is 2.36. The van der Waals surface area contributed by atoms with E-state index in [0.717, 1.165) is 39.3 Å². The molecule has 0 aromatic heterocycles. The SMILES string of the molecule is CCCN(CCNC)CC1CN(C(C)C)CCO1. The summed E-state index contributed by atoms with van der Waals surface area (Å²) < 4.78 is 5.91. The second-order valence-electron chi connectivity index (χ2n) is 5.49. The standard InChI is InChI=1S/C14H31N3O/c1-5-7-16(8-6-15-4)11-14-12-17(13(2)3)9-10-18-14/h13-15H,5-12H2,1-4H3. The Balaban J connectivity index is 2.37. The smallest absolute Gasteiger partial charge is 0.0829 e. The van der Waals surface area contributed by atoms with Crippen molar-refractivity contribution in [3.63, 3.8) is 0 Å². The second kappa shape index (κ2) is 8.86. The largest absolute Gasteiger partial charge is 0.374 e. The van der Waals surface area contributed by atoms with Crippen LogP contribution < -0.4 is 5.32 Å². The van der Waals surface area contributed by atoms with Crippen molar-refractivity contribution in [3.05, 3.63) is 0 Å². The van der Waals surface area contributed by atoms with Gasteiger partial charge in [-0.25, -0.2) is 0 Å². The molecule has 1 atom stereocenters. The monoisotopic (exact) mass is 257 g/mol. The lowest BCUT2D eigenvalue weighted by Crippen LogP contribution is -2.50. The minimum Gasteiger partial charge on any atom is -0.374 e. The summed E-state index contributed by atoms with van der Waals surface area (Å²) in [6.07, 6.45) is 1.59. The van der Waals surface area contributed by atoms with Crippen molar-refractivity contribution in [2.75, 3.05) is 52.9 Å². The Kier molecular flexibility index (Phi) is 7.82. The number of nitrogens with zero attached hydrogens (tertiary/aromatic N) is 2. The highest BCUT2D eigenvalue weighted by Crippen LogP contribution is 2.10. The summed E-state index contributed by atoms with van der Waals surface area (Å²) in [5, 5.41) is 3.23. The van der Waals surface area contributed by atoms with Gasteiger partial charge in [0, 0.05) is 38.8 Å².